The molecule has 0 aliphatic carbocycles. The highest BCUT2D eigenvalue weighted by Crippen LogP contribution is 2.07. The molecule has 0 saturated carbocycles. The van der Waals surface area contributed by atoms with Gasteiger partial charge < -0.3 is 5.11 Å². The predicted molar refractivity (Wildman–Crippen MR) is 35.5 cm³/mol. The number of alkyl halides is 1. The quantitative estimate of drug-likeness (QED) is 0.476. The topological polar surface area (TPSA) is 37.3 Å². The molecule has 1 unspecified atom stereocenters. The van der Waals surface area contributed by atoms with Crippen LogP contribution in [0.5, 0.6) is 0 Å². The highest BCUT2D eigenvalue weighted by atomic mass is 35.5. The molecule has 0 heterocycles. The fraction of sp³-hybridized carbons (Fsp3) is 0.750. The molecule has 0 rings (SSSR count). The van der Waals surface area contributed by atoms with Crippen molar-refractivity contribution in [1.82, 2.24) is 0 Å². The summed E-state index contributed by atoms with van der Waals surface area (Å²) in [6.07, 6.45) is 0.512. The van der Waals surface area contributed by atoms with Crippen molar-refractivity contribution in [3.8, 4) is 0 Å². The minimum Gasteiger partial charge on any atom is -0.481 e. The first-order valence-electron chi connectivity index (χ1n) is 2.17. The number of thiol groups is 1. The van der Waals surface area contributed by atoms with Gasteiger partial charge in [0.1, 0.15) is 0 Å². The van der Waals surface area contributed by atoms with Crippen LogP contribution in [-0.4, -0.2) is 15.8 Å². The second-order valence-corrected chi connectivity index (χ2v) is 2.82. The maximum absolute atomic E-state index is 9.81. The van der Waals surface area contributed by atoms with Crippen molar-refractivity contribution in [2.24, 2.45) is 0 Å². The summed E-state index contributed by atoms with van der Waals surface area (Å²) in [4.78, 5) is 9.81. The van der Waals surface area contributed by atoms with Crippen LogP contribution >= 0.6 is 24.2 Å². The van der Waals surface area contributed by atoms with Crippen molar-refractivity contribution < 1.29 is 9.90 Å². The molecule has 0 amide bonds. The molecule has 0 radical (unpaired) electrons. The van der Waals surface area contributed by atoms with E-state index in [0.717, 1.165) is 0 Å². The van der Waals surface area contributed by atoms with Gasteiger partial charge in [0.05, 0.1) is 4.71 Å². The van der Waals surface area contributed by atoms with Crippen LogP contribution in [0.3, 0.4) is 0 Å². The zero-order valence-corrected chi connectivity index (χ0v) is 5.82. The predicted octanol–water partition coefficient (Wildman–Crippen LogP) is 1.35. The Bertz CT molecular complexity index is 84.1. The van der Waals surface area contributed by atoms with Crippen molar-refractivity contribution in [1.29, 1.82) is 0 Å². The highest BCUT2D eigenvalue weighted by Gasteiger charge is 2.00. The van der Waals surface area contributed by atoms with E-state index in [1.165, 1.54) is 0 Å². The largest absolute Gasteiger partial charge is 0.481 e. The number of carboxylic acid groups (broad SMARTS) is 1. The SMILES string of the molecule is O=C(O)CCC(S)Cl. The Labute approximate surface area is 58.2 Å². The van der Waals surface area contributed by atoms with E-state index in [2.05, 4.69) is 12.6 Å². The first-order valence-corrected chi connectivity index (χ1v) is 3.12. The molecule has 48 valence electrons. The van der Waals surface area contributed by atoms with Gasteiger partial charge >= 0.3 is 5.97 Å². The third-order valence-electron chi connectivity index (χ3n) is 0.596. The number of carboxylic acids is 1. The van der Waals surface area contributed by atoms with Crippen molar-refractivity contribution in [3.63, 3.8) is 0 Å². The number of hydrogen-bond acceptors (Lipinski definition) is 2. The van der Waals surface area contributed by atoms with Crippen molar-refractivity contribution in [2.75, 3.05) is 0 Å². The maximum atomic E-state index is 9.81. The van der Waals surface area contributed by atoms with Gasteiger partial charge in [0, 0.05) is 6.42 Å². The normalized spacial score (nSPS) is 13.2. The molecule has 1 atom stereocenters. The lowest BCUT2D eigenvalue weighted by molar-refractivity contribution is -0.137. The lowest BCUT2D eigenvalue weighted by atomic mass is 10.3. The molecule has 0 saturated heterocycles. The minimum atomic E-state index is -0.829. The molecule has 0 aromatic heterocycles. The fourth-order valence-corrected chi connectivity index (χ4v) is 0.481. The van der Waals surface area contributed by atoms with Gasteiger partial charge in [0.25, 0.3) is 0 Å². The monoisotopic (exact) mass is 154 g/mol. The molecule has 2 nitrogen and oxygen atoms in total. The van der Waals surface area contributed by atoms with Gasteiger partial charge in [-0.3, -0.25) is 4.79 Å². The standard InChI is InChI=1S/C4H7ClO2S/c5-3(8)1-2-4(6)7/h3,8H,1-2H2,(H,6,7). The summed E-state index contributed by atoms with van der Waals surface area (Å²) in [7, 11) is 0. The van der Waals surface area contributed by atoms with E-state index in [9.17, 15) is 4.79 Å². The first kappa shape index (κ1) is 8.11. The zero-order valence-electron chi connectivity index (χ0n) is 4.17. The molecule has 8 heavy (non-hydrogen) atoms. The van der Waals surface area contributed by atoms with Gasteiger partial charge in [-0.05, 0) is 6.42 Å². The smallest absolute Gasteiger partial charge is 0.303 e. The van der Waals surface area contributed by atoms with Crippen LogP contribution in [0.1, 0.15) is 12.8 Å². The summed E-state index contributed by atoms with van der Waals surface area (Å²) < 4.78 is -0.328. The molecular weight excluding hydrogens is 148 g/mol. The van der Waals surface area contributed by atoms with Gasteiger partial charge in [0.2, 0.25) is 0 Å². The van der Waals surface area contributed by atoms with Crippen LogP contribution in [0, 0.1) is 0 Å². The molecule has 0 aromatic rings. The molecule has 0 bridgehead atoms. The van der Waals surface area contributed by atoms with Crippen molar-refractivity contribution in [2.45, 2.75) is 17.6 Å². The summed E-state index contributed by atoms with van der Waals surface area (Å²) in [5.41, 5.74) is 0. The number of halogens is 1. The zero-order chi connectivity index (χ0) is 6.57. The van der Waals surface area contributed by atoms with Gasteiger partial charge in [0.15, 0.2) is 0 Å². The van der Waals surface area contributed by atoms with Crippen molar-refractivity contribution >= 4 is 30.2 Å². The molecule has 0 aliphatic rings. The van der Waals surface area contributed by atoms with Crippen LogP contribution in [0.4, 0.5) is 0 Å². The van der Waals surface area contributed by atoms with Gasteiger partial charge in [-0.15, -0.1) is 11.6 Å². The Hall–Kier alpha value is 0.110. The highest BCUT2D eigenvalue weighted by molar-refractivity contribution is 7.82. The maximum Gasteiger partial charge on any atom is 0.303 e. The van der Waals surface area contributed by atoms with Crippen LogP contribution in [0.2, 0.25) is 0 Å². The molecule has 4 heteroatoms. The lowest BCUT2D eigenvalue weighted by Crippen LogP contribution is -1.97. The Kier molecular flexibility index (Phi) is 4.09. The third kappa shape index (κ3) is 6.11. The number of rotatable bonds is 3. The van der Waals surface area contributed by atoms with Crippen LogP contribution in [0.15, 0.2) is 0 Å². The van der Waals surface area contributed by atoms with E-state index in [1.54, 1.807) is 0 Å². The molecule has 0 spiro atoms. The first-order chi connectivity index (χ1) is 3.63. The molecular formula is C4H7ClO2S. The number of aliphatic carboxylic acids is 1. The van der Waals surface area contributed by atoms with Crippen LogP contribution in [0.25, 0.3) is 0 Å². The summed E-state index contributed by atoms with van der Waals surface area (Å²) >= 11 is 9.10. The number of hydrogen-bond donors (Lipinski definition) is 2. The van der Waals surface area contributed by atoms with E-state index in [-0.39, 0.29) is 11.1 Å². The Balaban J connectivity index is 3.05. The summed E-state index contributed by atoms with van der Waals surface area (Å²) in [5.74, 6) is -0.829. The number of carbonyl (C=O) groups is 1. The van der Waals surface area contributed by atoms with Crippen molar-refractivity contribution in [3.05, 3.63) is 0 Å². The Morgan fingerprint density at radius 2 is 2.38 bits per heavy atom. The molecule has 0 aliphatic heterocycles. The van der Waals surface area contributed by atoms with Crippen LogP contribution in [-0.2, 0) is 4.79 Å². The lowest BCUT2D eigenvalue weighted by Gasteiger charge is -1.94. The summed E-state index contributed by atoms with van der Waals surface area (Å²) in [5, 5.41) is 8.07. The van der Waals surface area contributed by atoms with E-state index >= 15 is 0 Å². The Morgan fingerprint density at radius 1 is 1.88 bits per heavy atom. The van der Waals surface area contributed by atoms with E-state index in [0.29, 0.717) is 6.42 Å². The van der Waals surface area contributed by atoms with Crippen LogP contribution < -0.4 is 0 Å². The molecule has 1 N–H and O–H groups in total. The average Bonchev–Trinajstić information content (AvgIpc) is 1.61. The third-order valence-corrected chi connectivity index (χ3v) is 1.07. The minimum absolute atomic E-state index is 0.0949. The van der Waals surface area contributed by atoms with E-state index in [1.807, 2.05) is 0 Å². The van der Waals surface area contributed by atoms with E-state index < -0.39 is 5.97 Å². The average molecular weight is 155 g/mol. The van der Waals surface area contributed by atoms with Gasteiger partial charge in [-0.1, -0.05) is 0 Å². The van der Waals surface area contributed by atoms with E-state index in [4.69, 9.17) is 16.7 Å². The second-order valence-electron chi connectivity index (χ2n) is 1.37. The fourth-order valence-electron chi connectivity index (χ4n) is 0.243. The molecule has 0 aromatic carbocycles. The Morgan fingerprint density at radius 3 is 2.50 bits per heavy atom. The van der Waals surface area contributed by atoms with Gasteiger partial charge in [-0.25, -0.2) is 0 Å². The second kappa shape index (κ2) is 4.04. The summed E-state index contributed by atoms with van der Waals surface area (Å²) in [6.45, 7) is 0. The van der Waals surface area contributed by atoms with Gasteiger partial charge in [-0.2, -0.15) is 12.6 Å². The molecule has 0 fully saturated rings. The summed E-state index contributed by atoms with van der Waals surface area (Å²) in [6, 6.07) is 0.